The van der Waals surface area contributed by atoms with E-state index in [1.807, 2.05) is 12.4 Å². The molecule has 0 saturated heterocycles. The van der Waals surface area contributed by atoms with Gasteiger partial charge in [-0.05, 0) is 13.3 Å². The second kappa shape index (κ2) is 1.83. The van der Waals surface area contributed by atoms with Crippen molar-refractivity contribution in [2.45, 2.75) is 25.4 Å². The summed E-state index contributed by atoms with van der Waals surface area (Å²) in [6.07, 6.45) is 4.83. The molecule has 0 amide bonds. The third-order valence-electron chi connectivity index (χ3n) is 2.10. The van der Waals surface area contributed by atoms with Crippen molar-refractivity contribution in [1.29, 1.82) is 0 Å². The molecule has 54 valence electrons. The van der Waals surface area contributed by atoms with Gasteiger partial charge >= 0.3 is 0 Å². The van der Waals surface area contributed by atoms with Gasteiger partial charge in [-0.3, -0.25) is 0 Å². The Morgan fingerprint density at radius 1 is 1.80 bits per heavy atom. The molecule has 2 rings (SSSR count). The lowest BCUT2D eigenvalue weighted by Crippen LogP contribution is -2.06. The standard InChI is InChI=1S/C7H11N3/c1-5-4-6(8)7-9-2-3-10(5)7/h2-3,5-6H,4,8H2,1H3/t5-,6-/m0/s1. The van der Waals surface area contributed by atoms with Crippen molar-refractivity contribution in [3.63, 3.8) is 0 Å². The summed E-state index contributed by atoms with van der Waals surface area (Å²) < 4.78 is 2.14. The number of fused-ring (bicyclic) bond motifs is 1. The third-order valence-corrected chi connectivity index (χ3v) is 2.10. The summed E-state index contributed by atoms with van der Waals surface area (Å²) in [5.41, 5.74) is 5.80. The molecular weight excluding hydrogens is 126 g/mol. The second-order valence-corrected chi connectivity index (χ2v) is 2.88. The highest BCUT2D eigenvalue weighted by molar-refractivity contribution is 5.06. The molecule has 0 saturated carbocycles. The first-order valence-electron chi connectivity index (χ1n) is 3.57. The van der Waals surface area contributed by atoms with Gasteiger partial charge in [-0.2, -0.15) is 0 Å². The minimum Gasteiger partial charge on any atom is -0.331 e. The molecule has 0 aromatic carbocycles. The molecule has 1 aromatic rings. The molecule has 3 heteroatoms. The zero-order chi connectivity index (χ0) is 7.14. The number of imidazole rings is 1. The smallest absolute Gasteiger partial charge is 0.125 e. The van der Waals surface area contributed by atoms with E-state index in [0.717, 1.165) is 12.2 Å². The maximum atomic E-state index is 5.80. The summed E-state index contributed by atoms with van der Waals surface area (Å²) in [7, 11) is 0. The maximum absolute atomic E-state index is 5.80. The highest BCUT2D eigenvalue weighted by Crippen LogP contribution is 2.30. The van der Waals surface area contributed by atoms with Crippen molar-refractivity contribution in [3.05, 3.63) is 18.2 Å². The largest absolute Gasteiger partial charge is 0.331 e. The molecular formula is C7H11N3. The van der Waals surface area contributed by atoms with Gasteiger partial charge in [0.1, 0.15) is 5.82 Å². The molecule has 1 aromatic heterocycles. The summed E-state index contributed by atoms with van der Waals surface area (Å²) in [5, 5.41) is 0. The van der Waals surface area contributed by atoms with Crippen molar-refractivity contribution in [2.75, 3.05) is 0 Å². The summed E-state index contributed by atoms with van der Waals surface area (Å²) in [5.74, 6) is 1.03. The number of rotatable bonds is 0. The van der Waals surface area contributed by atoms with Crippen LogP contribution >= 0.6 is 0 Å². The van der Waals surface area contributed by atoms with Gasteiger partial charge in [0.05, 0.1) is 6.04 Å². The van der Waals surface area contributed by atoms with Crippen LogP contribution in [0.3, 0.4) is 0 Å². The van der Waals surface area contributed by atoms with Crippen LogP contribution in [0.4, 0.5) is 0 Å². The molecule has 2 N–H and O–H groups in total. The predicted molar refractivity (Wildman–Crippen MR) is 38.5 cm³/mol. The number of hydrogen-bond donors (Lipinski definition) is 1. The van der Waals surface area contributed by atoms with Crippen molar-refractivity contribution in [1.82, 2.24) is 9.55 Å². The number of nitrogens with two attached hydrogens (primary N) is 1. The van der Waals surface area contributed by atoms with E-state index in [1.54, 1.807) is 0 Å². The van der Waals surface area contributed by atoms with E-state index < -0.39 is 0 Å². The average Bonchev–Trinajstić information content (AvgIpc) is 2.39. The lowest BCUT2D eigenvalue weighted by Gasteiger charge is -2.02. The number of nitrogens with zero attached hydrogens (tertiary/aromatic N) is 2. The van der Waals surface area contributed by atoms with Crippen molar-refractivity contribution < 1.29 is 0 Å². The van der Waals surface area contributed by atoms with Gasteiger partial charge in [-0.1, -0.05) is 0 Å². The fraction of sp³-hybridized carbons (Fsp3) is 0.571. The van der Waals surface area contributed by atoms with Gasteiger partial charge in [-0.15, -0.1) is 0 Å². The van der Waals surface area contributed by atoms with Crippen molar-refractivity contribution in [2.24, 2.45) is 5.73 Å². The lowest BCUT2D eigenvalue weighted by atomic mass is 10.2. The highest BCUT2D eigenvalue weighted by atomic mass is 15.1. The first-order valence-corrected chi connectivity index (χ1v) is 3.57. The lowest BCUT2D eigenvalue weighted by molar-refractivity contribution is 0.554. The highest BCUT2D eigenvalue weighted by Gasteiger charge is 2.25. The Morgan fingerprint density at radius 2 is 2.60 bits per heavy atom. The topological polar surface area (TPSA) is 43.8 Å². The van der Waals surface area contributed by atoms with Crippen LogP contribution in [-0.2, 0) is 0 Å². The number of hydrogen-bond acceptors (Lipinski definition) is 2. The Balaban J connectivity index is 2.48. The molecule has 10 heavy (non-hydrogen) atoms. The Labute approximate surface area is 59.9 Å². The van der Waals surface area contributed by atoms with E-state index in [9.17, 15) is 0 Å². The minimum atomic E-state index is 0.157. The average molecular weight is 137 g/mol. The fourth-order valence-electron chi connectivity index (χ4n) is 1.57. The van der Waals surface area contributed by atoms with Gasteiger partial charge in [0.25, 0.3) is 0 Å². The Hall–Kier alpha value is -0.830. The van der Waals surface area contributed by atoms with Gasteiger partial charge in [-0.25, -0.2) is 4.98 Å². The summed E-state index contributed by atoms with van der Waals surface area (Å²) in [4.78, 5) is 4.17. The SMILES string of the molecule is C[C@H]1C[C@H](N)c2nccn21. The van der Waals surface area contributed by atoms with Gasteiger partial charge in [0.2, 0.25) is 0 Å². The zero-order valence-corrected chi connectivity index (χ0v) is 5.99. The fourth-order valence-corrected chi connectivity index (χ4v) is 1.57. The molecule has 2 atom stereocenters. The van der Waals surface area contributed by atoms with Crippen LogP contribution in [-0.4, -0.2) is 9.55 Å². The first-order chi connectivity index (χ1) is 4.79. The van der Waals surface area contributed by atoms with Crippen LogP contribution in [0.1, 0.15) is 31.3 Å². The molecule has 2 heterocycles. The van der Waals surface area contributed by atoms with Crippen LogP contribution in [0.5, 0.6) is 0 Å². The molecule has 0 aliphatic carbocycles. The van der Waals surface area contributed by atoms with E-state index in [1.165, 1.54) is 0 Å². The first kappa shape index (κ1) is 5.92. The maximum Gasteiger partial charge on any atom is 0.125 e. The molecule has 0 unspecified atom stereocenters. The van der Waals surface area contributed by atoms with E-state index in [4.69, 9.17) is 5.73 Å². The van der Waals surface area contributed by atoms with E-state index in [2.05, 4.69) is 16.5 Å². The molecule has 1 aliphatic heterocycles. The molecule has 0 radical (unpaired) electrons. The second-order valence-electron chi connectivity index (χ2n) is 2.88. The number of aromatic nitrogens is 2. The van der Waals surface area contributed by atoms with E-state index in [0.29, 0.717) is 6.04 Å². The molecule has 0 fully saturated rings. The molecule has 0 bridgehead atoms. The minimum absolute atomic E-state index is 0.157. The van der Waals surface area contributed by atoms with Gasteiger partial charge in [0.15, 0.2) is 0 Å². The predicted octanol–water partition coefficient (Wildman–Crippen LogP) is 0.848. The summed E-state index contributed by atoms with van der Waals surface area (Å²) >= 11 is 0. The normalized spacial score (nSPS) is 30.6. The van der Waals surface area contributed by atoms with E-state index in [-0.39, 0.29) is 6.04 Å². The molecule has 0 spiro atoms. The monoisotopic (exact) mass is 137 g/mol. The molecule has 1 aliphatic rings. The van der Waals surface area contributed by atoms with Crippen LogP contribution in [0, 0.1) is 0 Å². The van der Waals surface area contributed by atoms with Crippen molar-refractivity contribution >= 4 is 0 Å². The Kier molecular flexibility index (Phi) is 1.08. The van der Waals surface area contributed by atoms with Crippen LogP contribution in [0.2, 0.25) is 0 Å². The van der Waals surface area contributed by atoms with Crippen LogP contribution in [0.25, 0.3) is 0 Å². The zero-order valence-electron chi connectivity index (χ0n) is 5.99. The summed E-state index contributed by atoms with van der Waals surface area (Å²) in [6.45, 7) is 2.16. The Morgan fingerprint density at radius 3 is 3.30 bits per heavy atom. The van der Waals surface area contributed by atoms with Gasteiger partial charge < -0.3 is 10.3 Å². The quantitative estimate of drug-likeness (QED) is 0.576. The summed E-state index contributed by atoms with van der Waals surface area (Å²) in [6, 6.07) is 0.692. The van der Waals surface area contributed by atoms with Gasteiger partial charge in [0, 0.05) is 18.4 Å². The third kappa shape index (κ3) is 0.609. The van der Waals surface area contributed by atoms with E-state index >= 15 is 0 Å². The van der Waals surface area contributed by atoms with Crippen LogP contribution < -0.4 is 5.73 Å². The van der Waals surface area contributed by atoms with Crippen molar-refractivity contribution in [3.8, 4) is 0 Å². The molecule has 3 nitrogen and oxygen atoms in total. The Bertz CT molecular complexity index is 218. The van der Waals surface area contributed by atoms with Crippen LogP contribution in [0.15, 0.2) is 12.4 Å².